The molecule has 2 atom stereocenters. The largest absolute Gasteiger partial charge is 0.485 e. The molecular weight excluding hydrogens is 443 g/mol. The second kappa shape index (κ2) is 9.39. The maximum absolute atomic E-state index is 15.4. The van der Waals surface area contributed by atoms with Gasteiger partial charge in [0.15, 0.2) is 5.82 Å². The Kier molecular flexibility index (Phi) is 6.14. The Balaban J connectivity index is 1.43. The summed E-state index contributed by atoms with van der Waals surface area (Å²) in [7, 11) is 0. The number of fused-ring (bicyclic) bond motifs is 2. The maximum Gasteiger partial charge on any atom is 0.338 e. The fourth-order valence-corrected chi connectivity index (χ4v) is 4.82. The average molecular weight is 471 g/mol. The van der Waals surface area contributed by atoms with Crippen LogP contribution in [0.4, 0.5) is 15.8 Å². The van der Waals surface area contributed by atoms with Gasteiger partial charge in [-0.25, -0.2) is 9.18 Å². The first kappa shape index (κ1) is 22.9. The Morgan fingerprint density at radius 1 is 1.09 bits per heavy atom. The summed E-state index contributed by atoms with van der Waals surface area (Å²) in [6.07, 6.45) is -0.269. The van der Waals surface area contributed by atoms with Gasteiger partial charge in [0.1, 0.15) is 11.9 Å². The van der Waals surface area contributed by atoms with E-state index in [1.807, 2.05) is 41.3 Å². The minimum Gasteiger partial charge on any atom is -0.485 e. The lowest BCUT2D eigenvalue weighted by atomic mass is 9.99. The summed E-state index contributed by atoms with van der Waals surface area (Å²) in [5.74, 6) is -1.37. The third kappa shape index (κ3) is 4.33. The van der Waals surface area contributed by atoms with E-state index in [0.717, 1.165) is 5.69 Å². The van der Waals surface area contributed by atoms with Gasteiger partial charge in [0, 0.05) is 12.6 Å². The van der Waals surface area contributed by atoms with Crippen molar-refractivity contribution in [2.45, 2.75) is 26.0 Å². The van der Waals surface area contributed by atoms with Crippen molar-refractivity contribution in [3.63, 3.8) is 0 Å². The predicted octanol–water partition coefficient (Wildman–Crippen LogP) is 6.24. The SMILES string of the molecule is Cc1ccc(C(=O)O)c(F)c1N1CC(CN[C@H](C)c2cccc3ccccc23)Oc2ccccc21. The molecule has 5 nitrogen and oxygen atoms in total. The van der Waals surface area contributed by atoms with E-state index in [9.17, 15) is 9.90 Å². The number of carboxylic acids is 1. The van der Waals surface area contributed by atoms with Crippen molar-refractivity contribution in [1.82, 2.24) is 5.32 Å². The van der Waals surface area contributed by atoms with E-state index in [0.29, 0.717) is 24.4 Å². The van der Waals surface area contributed by atoms with Gasteiger partial charge in [-0.2, -0.15) is 0 Å². The standard InChI is InChI=1S/C29H27FN2O3/c1-18-14-15-24(29(33)34)27(30)28(18)32-17-21(35-26-13-6-5-12-25(26)32)16-31-19(2)22-11-7-9-20-8-3-4-10-23(20)22/h3-15,19,21,31H,16-17H2,1-2H3,(H,33,34)/t19-,21?/m1/s1. The van der Waals surface area contributed by atoms with E-state index >= 15 is 4.39 Å². The number of para-hydroxylation sites is 2. The number of halogens is 1. The Morgan fingerprint density at radius 3 is 2.66 bits per heavy atom. The zero-order valence-corrected chi connectivity index (χ0v) is 19.7. The highest BCUT2D eigenvalue weighted by Gasteiger charge is 2.31. The number of hydrogen-bond acceptors (Lipinski definition) is 4. The zero-order chi connectivity index (χ0) is 24.5. The molecule has 0 saturated carbocycles. The van der Waals surface area contributed by atoms with Crippen molar-refractivity contribution in [3.05, 3.63) is 101 Å². The summed E-state index contributed by atoms with van der Waals surface area (Å²) in [6, 6.07) is 25.1. The Hall–Kier alpha value is -3.90. The molecule has 4 aromatic carbocycles. The number of carboxylic acid groups (broad SMARTS) is 1. The van der Waals surface area contributed by atoms with Gasteiger partial charge in [0.05, 0.1) is 23.5 Å². The van der Waals surface area contributed by atoms with Crippen LogP contribution in [0.3, 0.4) is 0 Å². The van der Waals surface area contributed by atoms with Gasteiger partial charge in [0.2, 0.25) is 0 Å². The van der Waals surface area contributed by atoms with E-state index in [2.05, 4.69) is 42.6 Å². The van der Waals surface area contributed by atoms with Gasteiger partial charge < -0.3 is 20.1 Å². The Labute approximate surface area is 203 Å². The van der Waals surface area contributed by atoms with E-state index in [1.165, 1.54) is 22.4 Å². The van der Waals surface area contributed by atoms with Crippen LogP contribution in [0.1, 0.15) is 34.5 Å². The highest BCUT2D eigenvalue weighted by atomic mass is 19.1. The molecule has 178 valence electrons. The molecule has 2 N–H and O–H groups in total. The van der Waals surface area contributed by atoms with Gasteiger partial charge in [-0.15, -0.1) is 0 Å². The average Bonchev–Trinajstić information content (AvgIpc) is 2.86. The third-order valence-corrected chi connectivity index (χ3v) is 6.60. The van der Waals surface area contributed by atoms with Crippen molar-refractivity contribution in [2.75, 3.05) is 18.0 Å². The molecule has 0 aromatic heterocycles. The molecule has 0 radical (unpaired) electrons. The molecule has 4 aromatic rings. The maximum atomic E-state index is 15.4. The molecule has 1 aliphatic rings. The topological polar surface area (TPSA) is 61.8 Å². The van der Waals surface area contributed by atoms with Crippen LogP contribution in [0.15, 0.2) is 78.9 Å². The molecule has 5 rings (SSSR count). The predicted molar refractivity (Wildman–Crippen MR) is 136 cm³/mol. The minimum atomic E-state index is -1.28. The molecule has 0 amide bonds. The van der Waals surface area contributed by atoms with Crippen LogP contribution in [0.25, 0.3) is 10.8 Å². The van der Waals surface area contributed by atoms with E-state index in [1.54, 1.807) is 13.0 Å². The number of anilines is 2. The highest BCUT2D eigenvalue weighted by Crippen LogP contribution is 2.41. The van der Waals surface area contributed by atoms with Crippen LogP contribution in [-0.4, -0.2) is 30.3 Å². The lowest BCUT2D eigenvalue weighted by Crippen LogP contribution is -2.44. The first-order valence-corrected chi connectivity index (χ1v) is 11.7. The van der Waals surface area contributed by atoms with Crippen LogP contribution < -0.4 is 15.0 Å². The second-order valence-corrected chi connectivity index (χ2v) is 8.91. The smallest absolute Gasteiger partial charge is 0.338 e. The second-order valence-electron chi connectivity index (χ2n) is 8.91. The van der Waals surface area contributed by atoms with Crippen molar-refractivity contribution in [1.29, 1.82) is 0 Å². The van der Waals surface area contributed by atoms with Crippen LogP contribution in [-0.2, 0) is 0 Å². The summed E-state index contributed by atoms with van der Waals surface area (Å²) in [5, 5.41) is 15.4. The molecule has 0 fully saturated rings. The number of aromatic carboxylic acids is 1. The van der Waals surface area contributed by atoms with Gasteiger partial charge in [-0.05, 0) is 53.9 Å². The highest BCUT2D eigenvalue weighted by molar-refractivity contribution is 5.90. The molecular formula is C29H27FN2O3. The van der Waals surface area contributed by atoms with E-state index in [-0.39, 0.29) is 23.4 Å². The third-order valence-electron chi connectivity index (χ3n) is 6.60. The van der Waals surface area contributed by atoms with Crippen molar-refractivity contribution < 1.29 is 19.0 Å². The molecule has 1 unspecified atom stereocenters. The normalized spacial score (nSPS) is 16.0. The molecule has 1 heterocycles. The summed E-state index contributed by atoms with van der Waals surface area (Å²) < 4.78 is 21.7. The number of rotatable bonds is 6. The number of benzene rings is 4. The fourth-order valence-electron chi connectivity index (χ4n) is 4.82. The summed E-state index contributed by atoms with van der Waals surface area (Å²) >= 11 is 0. The lowest BCUT2D eigenvalue weighted by Gasteiger charge is -2.37. The van der Waals surface area contributed by atoms with Crippen molar-refractivity contribution >= 4 is 28.1 Å². The molecule has 35 heavy (non-hydrogen) atoms. The molecule has 0 aliphatic carbocycles. The lowest BCUT2D eigenvalue weighted by molar-refractivity contribution is 0.0692. The minimum absolute atomic E-state index is 0.0733. The number of carbonyl (C=O) groups is 1. The summed E-state index contributed by atoms with van der Waals surface area (Å²) in [5.41, 5.74) is 2.52. The summed E-state index contributed by atoms with van der Waals surface area (Å²) in [4.78, 5) is 13.4. The molecule has 0 spiro atoms. The van der Waals surface area contributed by atoms with Crippen molar-refractivity contribution in [3.8, 4) is 5.75 Å². The van der Waals surface area contributed by atoms with E-state index in [4.69, 9.17) is 4.74 Å². The van der Waals surface area contributed by atoms with Crippen LogP contribution in [0, 0.1) is 12.7 Å². The van der Waals surface area contributed by atoms with Crippen LogP contribution >= 0.6 is 0 Å². The fraction of sp³-hybridized carbons (Fsp3) is 0.207. The molecule has 0 bridgehead atoms. The zero-order valence-electron chi connectivity index (χ0n) is 19.7. The quantitative estimate of drug-likeness (QED) is 0.350. The monoisotopic (exact) mass is 470 g/mol. The first-order valence-electron chi connectivity index (χ1n) is 11.7. The number of aryl methyl sites for hydroxylation is 1. The van der Waals surface area contributed by atoms with Crippen LogP contribution in [0.2, 0.25) is 0 Å². The molecule has 6 heteroatoms. The molecule has 1 aliphatic heterocycles. The first-order chi connectivity index (χ1) is 16.9. The number of ether oxygens (including phenoxy) is 1. The Bertz CT molecular complexity index is 1400. The molecule has 0 saturated heterocycles. The van der Waals surface area contributed by atoms with Crippen molar-refractivity contribution in [2.24, 2.45) is 0 Å². The van der Waals surface area contributed by atoms with Gasteiger partial charge >= 0.3 is 5.97 Å². The number of nitrogens with one attached hydrogen (secondary N) is 1. The van der Waals surface area contributed by atoms with Crippen LogP contribution in [0.5, 0.6) is 5.75 Å². The Morgan fingerprint density at radius 2 is 1.83 bits per heavy atom. The van der Waals surface area contributed by atoms with Gasteiger partial charge in [0.25, 0.3) is 0 Å². The number of nitrogens with zero attached hydrogens (tertiary/aromatic N) is 1. The van der Waals surface area contributed by atoms with Gasteiger partial charge in [-0.1, -0.05) is 60.7 Å². The van der Waals surface area contributed by atoms with Gasteiger partial charge in [-0.3, -0.25) is 0 Å². The van der Waals surface area contributed by atoms with E-state index < -0.39 is 11.8 Å². The summed E-state index contributed by atoms with van der Waals surface area (Å²) in [6.45, 7) is 4.83. The number of hydrogen-bond donors (Lipinski definition) is 2.